The molecule has 1 aliphatic heterocycles. The Kier molecular flexibility index (Phi) is 6.27. The molecule has 0 spiro atoms. The van der Waals surface area contributed by atoms with E-state index in [2.05, 4.69) is 21.7 Å². The maximum atomic E-state index is 13.1. The molecule has 5 nitrogen and oxygen atoms in total. The van der Waals surface area contributed by atoms with E-state index < -0.39 is 0 Å². The topological polar surface area (TPSA) is 39.7 Å². The fourth-order valence-electron chi connectivity index (χ4n) is 3.24. The predicted octanol–water partition coefficient (Wildman–Crippen LogP) is 3.42. The minimum Gasteiger partial charge on any atom is -0.373 e. The van der Waals surface area contributed by atoms with Gasteiger partial charge in [0.05, 0.1) is 11.9 Å². The van der Waals surface area contributed by atoms with Crippen LogP contribution in [-0.4, -0.2) is 55.6 Å². The molecule has 1 aromatic carbocycles. The lowest BCUT2D eigenvalue weighted by Gasteiger charge is -2.36. The lowest BCUT2D eigenvalue weighted by atomic mass is 10.2. The second-order valence-electron chi connectivity index (χ2n) is 6.93. The maximum Gasteiger partial charge on any atom is 0.272 e. The predicted molar refractivity (Wildman–Crippen MR) is 107 cm³/mol. The number of piperazine rings is 1. The SMILES string of the molecule is CCCCN(C)c1ccc(C(=O)N2CCN(c3ccc(F)cc3)CC2)nc1. The van der Waals surface area contributed by atoms with Crippen LogP contribution in [0.15, 0.2) is 42.6 Å². The summed E-state index contributed by atoms with van der Waals surface area (Å²) in [6.45, 7) is 5.89. The Labute approximate surface area is 160 Å². The summed E-state index contributed by atoms with van der Waals surface area (Å²) in [5, 5.41) is 0. The monoisotopic (exact) mass is 370 g/mol. The molecule has 0 bridgehead atoms. The average molecular weight is 370 g/mol. The first-order chi connectivity index (χ1) is 13.1. The van der Waals surface area contributed by atoms with Crippen LogP contribution in [0.3, 0.4) is 0 Å². The van der Waals surface area contributed by atoms with Gasteiger partial charge in [-0.2, -0.15) is 0 Å². The number of unbranched alkanes of at least 4 members (excludes halogenated alkanes) is 1. The Morgan fingerprint density at radius 2 is 1.81 bits per heavy atom. The van der Waals surface area contributed by atoms with Gasteiger partial charge in [0.2, 0.25) is 0 Å². The number of anilines is 2. The summed E-state index contributed by atoms with van der Waals surface area (Å²) < 4.78 is 13.1. The van der Waals surface area contributed by atoms with Crippen molar-refractivity contribution in [2.24, 2.45) is 0 Å². The van der Waals surface area contributed by atoms with Crippen molar-refractivity contribution in [1.29, 1.82) is 0 Å². The normalized spacial score (nSPS) is 14.3. The second kappa shape index (κ2) is 8.84. The van der Waals surface area contributed by atoms with Gasteiger partial charge in [-0.1, -0.05) is 13.3 Å². The summed E-state index contributed by atoms with van der Waals surface area (Å²) >= 11 is 0. The van der Waals surface area contributed by atoms with Crippen LogP contribution in [0.1, 0.15) is 30.3 Å². The first-order valence-electron chi connectivity index (χ1n) is 9.55. The highest BCUT2D eigenvalue weighted by Crippen LogP contribution is 2.18. The van der Waals surface area contributed by atoms with Gasteiger partial charge in [0.1, 0.15) is 11.5 Å². The molecular formula is C21H27FN4O. The summed E-state index contributed by atoms with van der Waals surface area (Å²) in [6.07, 6.45) is 4.06. The van der Waals surface area contributed by atoms with Crippen LogP contribution in [0.2, 0.25) is 0 Å². The highest BCUT2D eigenvalue weighted by Gasteiger charge is 2.23. The minimum absolute atomic E-state index is 0.0310. The smallest absolute Gasteiger partial charge is 0.272 e. The standard InChI is InChI=1S/C21H27FN4O/c1-3-4-11-24(2)19-9-10-20(23-16-19)21(27)26-14-12-25(13-15-26)18-7-5-17(22)6-8-18/h5-10,16H,3-4,11-15H2,1-2H3. The van der Waals surface area contributed by atoms with E-state index in [9.17, 15) is 9.18 Å². The molecule has 2 aromatic rings. The molecule has 0 radical (unpaired) electrons. The fourth-order valence-corrected chi connectivity index (χ4v) is 3.24. The van der Waals surface area contributed by atoms with Crippen molar-refractivity contribution in [2.75, 3.05) is 49.6 Å². The number of hydrogen-bond donors (Lipinski definition) is 0. The van der Waals surface area contributed by atoms with Gasteiger partial charge in [0, 0.05) is 45.5 Å². The Morgan fingerprint density at radius 3 is 2.41 bits per heavy atom. The first kappa shape index (κ1) is 19.1. The van der Waals surface area contributed by atoms with Crippen LogP contribution in [0.5, 0.6) is 0 Å². The highest BCUT2D eigenvalue weighted by molar-refractivity contribution is 5.92. The Hall–Kier alpha value is -2.63. The van der Waals surface area contributed by atoms with Gasteiger partial charge >= 0.3 is 0 Å². The van der Waals surface area contributed by atoms with Crippen LogP contribution in [0.25, 0.3) is 0 Å². The number of halogens is 1. The van der Waals surface area contributed by atoms with Crippen molar-refractivity contribution in [3.8, 4) is 0 Å². The van der Waals surface area contributed by atoms with E-state index >= 15 is 0 Å². The van der Waals surface area contributed by atoms with Crippen LogP contribution in [0.4, 0.5) is 15.8 Å². The summed E-state index contributed by atoms with van der Waals surface area (Å²) in [5.74, 6) is -0.265. The van der Waals surface area contributed by atoms with E-state index in [4.69, 9.17) is 0 Å². The summed E-state index contributed by atoms with van der Waals surface area (Å²) in [5.41, 5.74) is 2.50. The van der Waals surface area contributed by atoms with Crippen LogP contribution in [0, 0.1) is 5.82 Å². The Bertz CT molecular complexity index is 740. The zero-order valence-electron chi connectivity index (χ0n) is 16.1. The molecule has 0 aliphatic carbocycles. The molecule has 1 fully saturated rings. The number of rotatable bonds is 6. The zero-order chi connectivity index (χ0) is 19.2. The molecule has 1 amide bonds. The van der Waals surface area contributed by atoms with Crippen molar-refractivity contribution in [1.82, 2.24) is 9.88 Å². The largest absolute Gasteiger partial charge is 0.373 e. The summed E-state index contributed by atoms with van der Waals surface area (Å²) in [6, 6.07) is 10.3. The Morgan fingerprint density at radius 1 is 1.11 bits per heavy atom. The number of benzene rings is 1. The van der Waals surface area contributed by atoms with Crippen molar-refractivity contribution >= 4 is 17.3 Å². The molecule has 27 heavy (non-hydrogen) atoms. The third kappa shape index (κ3) is 4.76. The van der Waals surface area contributed by atoms with Crippen LogP contribution in [-0.2, 0) is 0 Å². The van der Waals surface area contributed by atoms with Crippen LogP contribution < -0.4 is 9.80 Å². The number of amides is 1. The number of hydrogen-bond acceptors (Lipinski definition) is 4. The fraction of sp³-hybridized carbons (Fsp3) is 0.429. The minimum atomic E-state index is -0.234. The van der Waals surface area contributed by atoms with Gasteiger partial charge in [-0.15, -0.1) is 0 Å². The molecule has 0 atom stereocenters. The molecule has 1 saturated heterocycles. The molecule has 1 aliphatic rings. The van der Waals surface area contributed by atoms with E-state index in [1.807, 2.05) is 24.1 Å². The van der Waals surface area contributed by atoms with Gasteiger partial charge in [-0.05, 0) is 42.8 Å². The summed E-state index contributed by atoms with van der Waals surface area (Å²) in [4.78, 5) is 23.3. The third-order valence-electron chi connectivity index (χ3n) is 5.01. The lowest BCUT2D eigenvalue weighted by molar-refractivity contribution is 0.0741. The van der Waals surface area contributed by atoms with Gasteiger partial charge in [0.15, 0.2) is 0 Å². The molecule has 6 heteroatoms. The van der Waals surface area contributed by atoms with Crippen molar-refractivity contribution < 1.29 is 9.18 Å². The van der Waals surface area contributed by atoms with Gasteiger partial charge in [0.25, 0.3) is 5.91 Å². The molecule has 1 aromatic heterocycles. The van der Waals surface area contributed by atoms with E-state index in [1.165, 1.54) is 12.1 Å². The van der Waals surface area contributed by atoms with Crippen molar-refractivity contribution in [2.45, 2.75) is 19.8 Å². The zero-order valence-corrected chi connectivity index (χ0v) is 16.1. The van der Waals surface area contributed by atoms with Crippen molar-refractivity contribution in [3.63, 3.8) is 0 Å². The second-order valence-corrected chi connectivity index (χ2v) is 6.93. The molecule has 3 rings (SSSR count). The Balaban J connectivity index is 1.56. The van der Waals surface area contributed by atoms with E-state index in [0.717, 1.165) is 43.9 Å². The first-order valence-corrected chi connectivity index (χ1v) is 9.55. The van der Waals surface area contributed by atoms with Crippen LogP contribution >= 0.6 is 0 Å². The van der Waals surface area contributed by atoms with Gasteiger partial charge < -0.3 is 14.7 Å². The van der Waals surface area contributed by atoms with Gasteiger partial charge in [-0.3, -0.25) is 4.79 Å². The number of nitrogens with zero attached hydrogens (tertiary/aromatic N) is 4. The molecule has 0 saturated carbocycles. The number of carbonyl (C=O) groups excluding carboxylic acids is 1. The molecular weight excluding hydrogens is 343 g/mol. The number of carbonyl (C=O) groups is 1. The molecule has 0 unspecified atom stereocenters. The molecule has 144 valence electrons. The quantitative estimate of drug-likeness (QED) is 0.781. The lowest BCUT2D eigenvalue weighted by Crippen LogP contribution is -2.49. The summed E-state index contributed by atoms with van der Waals surface area (Å²) in [7, 11) is 2.04. The van der Waals surface area contributed by atoms with E-state index in [-0.39, 0.29) is 11.7 Å². The number of aromatic nitrogens is 1. The highest BCUT2D eigenvalue weighted by atomic mass is 19.1. The van der Waals surface area contributed by atoms with E-state index in [1.54, 1.807) is 18.3 Å². The van der Waals surface area contributed by atoms with Gasteiger partial charge in [-0.25, -0.2) is 9.37 Å². The van der Waals surface area contributed by atoms with Crippen molar-refractivity contribution in [3.05, 3.63) is 54.1 Å². The molecule has 2 heterocycles. The molecule has 0 N–H and O–H groups in total. The number of pyridine rings is 1. The third-order valence-corrected chi connectivity index (χ3v) is 5.01. The maximum absolute atomic E-state index is 13.1. The average Bonchev–Trinajstić information content (AvgIpc) is 2.72. The van der Waals surface area contributed by atoms with E-state index in [0.29, 0.717) is 18.8 Å².